The standard InChI is InChI=1S/C18H20N4O4/c1-3-6-16-20-18(26-21-16)12(2)25-17(24)9-10-22-14-8-5-4-7-13(14)15(23)11-19-22/h4-5,7-8,11-12H,3,6,9-10H2,1-2H3. The molecule has 0 fully saturated rings. The summed E-state index contributed by atoms with van der Waals surface area (Å²) in [5.74, 6) is 0.486. The number of carbonyl (C=O) groups excluding carboxylic acids is 1. The molecule has 0 saturated carbocycles. The number of ether oxygens (including phenoxy) is 1. The lowest BCUT2D eigenvalue weighted by atomic mass is 10.2. The van der Waals surface area contributed by atoms with Crippen LogP contribution in [-0.2, 0) is 22.5 Å². The predicted octanol–water partition coefficient (Wildman–Crippen LogP) is 2.43. The Bertz CT molecular complexity index is 963. The molecule has 2 aromatic heterocycles. The van der Waals surface area contributed by atoms with Gasteiger partial charge in [0.15, 0.2) is 11.9 Å². The first-order chi connectivity index (χ1) is 12.6. The maximum absolute atomic E-state index is 12.1. The summed E-state index contributed by atoms with van der Waals surface area (Å²) in [5, 5.41) is 8.51. The molecule has 0 aliphatic rings. The lowest BCUT2D eigenvalue weighted by Gasteiger charge is -2.11. The van der Waals surface area contributed by atoms with Crippen LogP contribution in [0.3, 0.4) is 0 Å². The summed E-state index contributed by atoms with van der Waals surface area (Å²) in [6, 6.07) is 7.15. The molecule has 1 atom stereocenters. The Labute approximate surface area is 149 Å². The van der Waals surface area contributed by atoms with Gasteiger partial charge in [0.25, 0.3) is 5.89 Å². The highest BCUT2D eigenvalue weighted by Gasteiger charge is 2.18. The van der Waals surface area contributed by atoms with Crippen LogP contribution in [0.2, 0.25) is 0 Å². The van der Waals surface area contributed by atoms with Gasteiger partial charge in [0, 0.05) is 11.8 Å². The Morgan fingerprint density at radius 3 is 2.96 bits per heavy atom. The molecule has 3 aromatic rings. The van der Waals surface area contributed by atoms with Crippen LogP contribution in [0.25, 0.3) is 10.9 Å². The molecule has 136 valence electrons. The van der Waals surface area contributed by atoms with Gasteiger partial charge in [-0.25, -0.2) is 0 Å². The zero-order valence-corrected chi connectivity index (χ0v) is 14.7. The van der Waals surface area contributed by atoms with Crippen molar-refractivity contribution in [2.24, 2.45) is 0 Å². The molecule has 1 unspecified atom stereocenters. The topological polar surface area (TPSA) is 100 Å². The molecule has 0 N–H and O–H groups in total. The van der Waals surface area contributed by atoms with E-state index < -0.39 is 12.1 Å². The molecule has 1 aromatic carbocycles. The van der Waals surface area contributed by atoms with Gasteiger partial charge in [0.05, 0.1) is 24.7 Å². The summed E-state index contributed by atoms with van der Waals surface area (Å²) in [5.41, 5.74) is 0.536. The number of esters is 1. The highest BCUT2D eigenvalue weighted by atomic mass is 16.6. The van der Waals surface area contributed by atoms with E-state index in [1.807, 2.05) is 13.0 Å². The summed E-state index contributed by atoms with van der Waals surface area (Å²) in [6.07, 6.45) is 2.38. The number of nitrogens with zero attached hydrogens (tertiary/aromatic N) is 4. The number of aromatic nitrogens is 4. The van der Waals surface area contributed by atoms with E-state index in [0.29, 0.717) is 23.3 Å². The zero-order valence-electron chi connectivity index (χ0n) is 14.7. The molecule has 0 spiro atoms. The van der Waals surface area contributed by atoms with Gasteiger partial charge in [-0.15, -0.1) is 0 Å². The number of fused-ring (bicyclic) bond motifs is 1. The van der Waals surface area contributed by atoms with Crippen molar-refractivity contribution < 1.29 is 14.1 Å². The maximum atomic E-state index is 12.1. The van der Waals surface area contributed by atoms with Crippen LogP contribution in [0.5, 0.6) is 0 Å². The third-order valence-corrected chi connectivity index (χ3v) is 3.90. The van der Waals surface area contributed by atoms with Crippen LogP contribution >= 0.6 is 0 Å². The van der Waals surface area contributed by atoms with E-state index in [0.717, 1.165) is 12.8 Å². The second-order valence-corrected chi connectivity index (χ2v) is 5.93. The quantitative estimate of drug-likeness (QED) is 0.599. The highest BCUT2D eigenvalue weighted by Crippen LogP contribution is 2.16. The van der Waals surface area contributed by atoms with E-state index in [1.54, 1.807) is 29.8 Å². The van der Waals surface area contributed by atoms with E-state index >= 15 is 0 Å². The SMILES string of the molecule is CCCc1noc(C(C)OC(=O)CCn2ncc(=O)c3ccccc32)n1. The number of hydrogen-bond donors (Lipinski definition) is 0. The second-order valence-electron chi connectivity index (χ2n) is 5.93. The molecule has 0 radical (unpaired) electrons. The van der Waals surface area contributed by atoms with Gasteiger partial charge in [-0.05, 0) is 25.5 Å². The number of rotatable bonds is 7. The van der Waals surface area contributed by atoms with Gasteiger partial charge in [-0.3, -0.25) is 14.3 Å². The number of para-hydroxylation sites is 1. The minimum absolute atomic E-state index is 0.111. The molecule has 2 heterocycles. The molecule has 8 heteroatoms. The molecule has 0 amide bonds. The first-order valence-electron chi connectivity index (χ1n) is 8.55. The van der Waals surface area contributed by atoms with Crippen LogP contribution in [0.1, 0.15) is 44.5 Å². The van der Waals surface area contributed by atoms with E-state index in [1.165, 1.54) is 6.20 Å². The third kappa shape index (κ3) is 3.96. The van der Waals surface area contributed by atoms with E-state index in [4.69, 9.17) is 9.26 Å². The molecule has 0 aliphatic carbocycles. The Morgan fingerprint density at radius 2 is 2.15 bits per heavy atom. The number of benzene rings is 1. The lowest BCUT2D eigenvalue weighted by molar-refractivity contribution is -0.150. The second kappa shape index (κ2) is 7.90. The number of carbonyl (C=O) groups is 1. The maximum Gasteiger partial charge on any atom is 0.308 e. The zero-order chi connectivity index (χ0) is 18.5. The summed E-state index contributed by atoms with van der Waals surface area (Å²) in [6.45, 7) is 4.01. The van der Waals surface area contributed by atoms with Gasteiger partial charge in [0.1, 0.15) is 0 Å². The average Bonchev–Trinajstić information content (AvgIpc) is 3.11. The van der Waals surface area contributed by atoms with Crippen molar-refractivity contribution in [1.29, 1.82) is 0 Å². The molecule has 0 bridgehead atoms. The summed E-state index contributed by atoms with van der Waals surface area (Å²) < 4.78 is 12.1. The van der Waals surface area contributed by atoms with Crippen LogP contribution in [0, 0.1) is 0 Å². The van der Waals surface area contributed by atoms with Gasteiger partial charge >= 0.3 is 5.97 Å². The number of aryl methyl sites for hydroxylation is 2. The molecule has 26 heavy (non-hydrogen) atoms. The fourth-order valence-electron chi connectivity index (χ4n) is 2.60. The first kappa shape index (κ1) is 17.8. The van der Waals surface area contributed by atoms with Crippen LogP contribution in [0.15, 0.2) is 39.8 Å². The van der Waals surface area contributed by atoms with Crippen molar-refractivity contribution in [3.05, 3.63) is 52.4 Å². The van der Waals surface area contributed by atoms with E-state index in [2.05, 4.69) is 15.2 Å². The van der Waals surface area contributed by atoms with E-state index in [9.17, 15) is 9.59 Å². The molecule has 0 saturated heterocycles. The lowest BCUT2D eigenvalue weighted by Crippen LogP contribution is -2.16. The van der Waals surface area contributed by atoms with E-state index in [-0.39, 0.29) is 17.7 Å². The van der Waals surface area contributed by atoms with Crippen LogP contribution in [0.4, 0.5) is 0 Å². The monoisotopic (exact) mass is 356 g/mol. The molecule has 8 nitrogen and oxygen atoms in total. The molecule has 3 rings (SSSR count). The summed E-state index contributed by atoms with van der Waals surface area (Å²) in [4.78, 5) is 28.2. The molecular weight excluding hydrogens is 336 g/mol. The highest BCUT2D eigenvalue weighted by molar-refractivity contribution is 5.78. The van der Waals surface area contributed by atoms with Crippen LogP contribution in [-0.4, -0.2) is 25.9 Å². The Hall–Kier alpha value is -3.03. The predicted molar refractivity (Wildman–Crippen MR) is 93.4 cm³/mol. The number of hydrogen-bond acceptors (Lipinski definition) is 7. The fraction of sp³-hybridized carbons (Fsp3) is 0.389. The largest absolute Gasteiger partial charge is 0.452 e. The van der Waals surface area contributed by atoms with Crippen LogP contribution < -0.4 is 5.43 Å². The first-order valence-corrected chi connectivity index (χ1v) is 8.55. The minimum atomic E-state index is -0.612. The normalized spacial score (nSPS) is 12.2. The van der Waals surface area contributed by atoms with Gasteiger partial charge in [0.2, 0.25) is 5.43 Å². The third-order valence-electron chi connectivity index (χ3n) is 3.90. The van der Waals surface area contributed by atoms with Gasteiger partial charge in [-0.1, -0.05) is 24.2 Å². The molecular formula is C18H20N4O4. The Morgan fingerprint density at radius 1 is 1.35 bits per heavy atom. The van der Waals surface area contributed by atoms with Crippen molar-refractivity contribution in [2.75, 3.05) is 0 Å². The summed E-state index contributed by atoms with van der Waals surface area (Å²) >= 11 is 0. The minimum Gasteiger partial charge on any atom is -0.452 e. The van der Waals surface area contributed by atoms with Crippen molar-refractivity contribution in [3.63, 3.8) is 0 Å². The van der Waals surface area contributed by atoms with Crippen molar-refractivity contribution in [1.82, 2.24) is 19.9 Å². The van der Waals surface area contributed by atoms with Crippen molar-refractivity contribution >= 4 is 16.9 Å². The fourth-order valence-corrected chi connectivity index (χ4v) is 2.60. The molecule has 0 aliphatic heterocycles. The summed E-state index contributed by atoms with van der Waals surface area (Å²) in [7, 11) is 0. The van der Waals surface area contributed by atoms with Gasteiger partial charge < -0.3 is 9.26 Å². The average molecular weight is 356 g/mol. The van der Waals surface area contributed by atoms with Crippen molar-refractivity contribution in [3.8, 4) is 0 Å². The van der Waals surface area contributed by atoms with Gasteiger partial charge in [-0.2, -0.15) is 10.1 Å². The Balaban J connectivity index is 1.62. The Kier molecular flexibility index (Phi) is 5.40. The smallest absolute Gasteiger partial charge is 0.308 e. The van der Waals surface area contributed by atoms with Crippen molar-refractivity contribution in [2.45, 2.75) is 45.8 Å².